The van der Waals surface area contributed by atoms with Crippen molar-refractivity contribution >= 4 is 55.7 Å². The van der Waals surface area contributed by atoms with Crippen molar-refractivity contribution in [2.75, 3.05) is 18.1 Å². The molecular weight excluding hydrogens is 588 g/mol. The number of anilines is 1. The molecule has 0 bridgehead atoms. The minimum Gasteiger partial charge on any atom is -0.507 e. The van der Waals surface area contributed by atoms with Gasteiger partial charge in [-0.15, -0.1) is 0 Å². The van der Waals surface area contributed by atoms with E-state index in [2.05, 4.69) is 4.98 Å². The normalized spacial score (nSPS) is 17.4. The van der Waals surface area contributed by atoms with Gasteiger partial charge in [0.05, 0.1) is 21.8 Å². The monoisotopic (exact) mass is 610 g/mol. The summed E-state index contributed by atoms with van der Waals surface area (Å²) in [6.45, 7) is 1.17. The SMILES string of the molecule is O=C1C(=O)N(c2nc3ccc(Cl)cc3s2)C(c2ccc(OCc3ccccc3)cc2)C1=C(O)c1ccc2c(c1)OCCO2. The minimum absolute atomic E-state index is 0.0584. The van der Waals surface area contributed by atoms with Crippen LogP contribution in [0.2, 0.25) is 5.02 Å². The summed E-state index contributed by atoms with van der Waals surface area (Å²) in [6.07, 6.45) is 0. The standard InChI is InChI=1S/C33H23ClN2O6S/c34-22-9-12-24-27(17-22)43-33(35-24)36-29(20-6-10-23(11-7-20)42-18-19-4-2-1-3-5-19)28(31(38)32(36)39)30(37)21-8-13-25-26(16-21)41-15-14-40-25/h1-13,16-17,29,37H,14-15,18H2. The van der Waals surface area contributed by atoms with Crippen molar-refractivity contribution in [2.45, 2.75) is 12.6 Å². The van der Waals surface area contributed by atoms with Gasteiger partial charge in [-0.3, -0.25) is 14.5 Å². The number of aromatic nitrogens is 1. The molecule has 1 fully saturated rings. The van der Waals surface area contributed by atoms with Gasteiger partial charge in [-0.2, -0.15) is 0 Å². The molecule has 1 N–H and O–H groups in total. The van der Waals surface area contributed by atoms with Crippen molar-refractivity contribution in [1.29, 1.82) is 0 Å². The maximum Gasteiger partial charge on any atom is 0.301 e. The molecule has 0 spiro atoms. The topological polar surface area (TPSA) is 98.2 Å². The fourth-order valence-corrected chi connectivity index (χ4v) is 6.44. The van der Waals surface area contributed by atoms with Crippen LogP contribution in [0.3, 0.4) is 0 Å². The lowest BCUT2D eigenvalue weighted by Gasteiger charge is -2.23. The number of rotatable bonds is 6. The number of nitrogens with zero attached hydrogens (tertiary/aromatic N) is 2. The summed E-state index contributed by atoms with van der Waals surface area (Å²) >= 11 is 7.44. The summed E-state index contributed by atoms with van der Waals surface area (Å²) in [5, 5.41) is 12.4. The van der Waals surface area contributed by atoms with E-state index in [0.717, 1.165) is 10.3 Å². The van der Waals surface area contributed by atoms with Gasteiger partial charge in [-0.1, -0.05) is 65.4 Å². The summed E-state index contributed by atoms with van der Waals surface area (Å²) in [5.41, 5.74) is 2.53. The Kier molecular flexibility index (Phi) is 6.96. The van der Waals surface area contributed by atoms with E-state index < -0.39 is 17.7 Å². The average molecular weight is 611 g/mol. The van der Waals surface area contributed by atoms with Gasteiger partial charge in [0.1, 0.15) is 31.3 Å². The fourth-order valence-electron chi connectivity index (χ4n) is 5.17. The predicted octanol–water partition coefficient (Wildman–Crippen LogP) is 6.93. The van der Waals surface area contributed by atoms with Crippen LogP contribution >= 0.6 is 22.9 Å². The number of ether oxygens (including phenoxy) is 3. The van der Waals surface area contributed by atoms with Gasteiger partial charge in [0.25, 0.3) is 5.78 Å². The number of benzene rings is 4. The number of hydrogen-bond acceptors (Lipinski definition) is 8. The molecule has 214 valence electrons. The fraction of sp³-hybridized carbons (Fsp3) is 0.121. The first-order valence-corrected chi connectivity index (χ1v) is 14.7. The molecule has 0 saturated carbocycles. The van der Waals surface area contributed by atoms with Crippen molar-refractivity contribution in [2.24, 2.45) is 0 Å². The number of carbonyl (C=O) groups excluding carboxylic acids is 2. The lowest BCUT2D eigenvalue weighted by molar-refractivity contribution is -0.132. The summed E-state index contributed by atoms with van der Waals surface area (Å²) < 4.78 is 18.0. The van der Waals surface area contributed by atoms with E-state index in [1.54, 1.807) is 60.7 Å². The molecule has 10 heteroatoms. The van der Waals surface area contributed by atoms with Crippen molar-refractivity contribution in [3.8, 4) is 17.2 Å². The van der Waals surface area contributed by atoms with Crippen LogP contribution in [0.15, 0.2) is 96.6 Å². The van der Waals surface area contributed by atoms with Gasteiger partial charge in [0, 0.05) is 10.6 Å². The van der Waals surface area contributed by atoms with Crippen LogP contribution < -0.4 is 19.1 Å². The van der Waals surface area contributed by atoms with E-state index >= 15 is 0 Å². The van der Waals surface area contributed by atoms with Gasteiger partial charge >= 0.3 is 5.91 Å². The number of aliphatic hydroxyl groups excluding tert-OH is 1. The first-order valence-electron chi connectivity index (χ1n) is 13.5. The Morgan fingerprint density at radius 1 is 0.953 bits per heavy atom. The van der Waals surface area contributed by atoms with Crippen molar-refractivity contribution in [3.63, 3.8) is 0 Å². The van der Waals surface area contributed by atoms with Crippen LogP contribution in [-0.2, 0) is 16.2 Å². The van der Waals surface area contributed by atoms with Gasteiger partial charge in [-0.05, 0) is 59.7 Å². The Bertz CT molecular complexity index is 1900. The lowest BCUT2D eigenvalue weighted by atomic mass is 9.95. The summed E-state index contributed by atoms with van der Waals surface area (Å²) in [5.74, 6) is -0.330. The highest BCUT2D eigenvalue weighted by molar-refractivity contribution is 7.22. The molecule has 0 aliphatic carbocycles. The highest BCUT2D eigenvalue weighted by atomic mass is 35.5. The smallest absolute Gasteiger partial charge is 0.301 e. The molecule has 1 aromatic heterocycles. The number of fused-ring (bicyclic) bond motifs is 2. The number of hydrogen-bond donors (Lipinski definition) is 1. The van der Waals surface area contributed by atoms with E-state index in [0.29, 0.717) is 63.9 Å². The molecule has 3 heterocycles. The molecule has 8 nitrogen and oxygen atoms in total. The molecule has 1 atom stereocenters. The molecule has 0 radical (unpaired) electrons. The first-order chi connectivity index (χ1) is 21.0. The Morgan fingerprint density at radius 2 is 1.72 bits per heavy atom. The first kappa shape index (κ1) is 27.0. The molecule has 43 heavy (non-hydrogen) atoms. The molecule has 7 rings (SSSR count). The van der Waals surface area contributed by atoms with Gasteiger partial charge in [-0.25, -0.2) is 4.98 Å². The third kappa shape index (κ3) is 5.07. The predicted molar refractivity (Wildman–Crippen MR) is 164 cm³/mol. The third-order valence-corrected chi connectivity index (χ3v) is 8.50. The quantitative estimate of drug-likeness (QED) is 0.126. The molecular formula is C33H23ClN2O6S. The average Bonchev–Trinajstić information content (AvgIpc) is 3.57. The number of halogens is 1. The van der Waals surface area contributed by atoms with E-state index in [4.69, 9.17) is 25.8 Å². The van der Waals surface area contributed by atoms with Crippen LogP contribution in [0.25, 0.3) is 16.0 Å². The molecule has 1 unspecified atom stereocenters. The van der Waals surface area contributed by atoms with Crippen LogP contribution in [0.4, 0.5) is 5.13 Å². The van der Waals surface area contributed by atoms with E-state index in [1.165, 1.54) is 16.2 Å². The Labute approximate surface area is 255 Å². The number of thiazole rings is 1. The number of amides is 1. The maximum atomic E-state index is 13.6. The number of carbonyl (C=O) groups is 2. The Morgan fingerprint density at radius 3 is 2.51 bits per heavy atom. The second-order valence-electron chi connectivity index (χ2n) is 9.98. The largest absolute Gasteiger partial charge is 0.507 e. The third-order valence-electron chi connectivity index (χ3n) is 7.25. The maximum absolute atomic E-state index is 13.6. The molecule has 1 amide bonds. The highest BCUT2D eigenvalue weighted by Gasteiger charge is 2.48. The van der Waals surface area contributed by atoms with Crippen LogP contribution in [0.5, 0.6) is 17.2 Å². The van der Waals surface area contributed by atoms with Crippen LogP contribution in [0.1, 0.15) is 22.7 Å². The zero-order valence-electron chi connectivity index (χ0n) is 22.5. The van der Waals surface area contributed by atoms with Gasteiger partial charge in [0.2, 0.25) is 0 Å². The Balaban J connectivity index is 1.31. The highest BCUT2D eigenvalue weighted by Crippen LogP contribution is 2.45. The zero-order valence-corrected chi connectivity index (χ0v) is 24.1. The van der Waals surface area contributed by atoms with E-state index in [9.17, 15) is 14.7 Å². The molecule has 1 saturated heterocycles. The second-order valence-corrected chi connectivity index (χ2v) is 11.4. The molecule has 5 aromatic rings. The molecule has 4 aromatic carbocycles. The number of Topliss-reactive ketones (excluding diaryl/α,β-unsaturated/α-hetero) is 1. The Hall–Kier alpha value is -4.86. The number of ketones is 1. The minimum atomic E-state index is -0.951. The molecule has 2 aliphatic rings. The lowest BCUT2D eigenvalue weighted by Crippen LogP contribution is -2.29. The van der Waals surface area contributed by atoms with E-state index in [1.807, 2.05) is 30.3 Å². The number of aliphatic hydroxyl groups is 1. The van der Waals surface area contributed by atoms with Crippen LogP contribution in [0, 0.1) is 0 Å². The second kappa shape index (κ2) is 11.1. The van der Waals surface area contributed by atoms with Gasteiger partial charge in [0.15, 0.2) is 16.6 Å². The summed E-state index contributed by atoms with van der Waals surface area (Å²) in [4.78, 5) is 33.3. The van der Waals surface area contributed by atoms with Gasteiger partial charge < -0.3 is 19.3 Å². The van der Waals surface area contributed by atoms with Crippen molar-refractivity contribution in [3.05, 3.63) is 118 Å². The van der Waals surface area contributed by atoms with Crippen molar-refractivity contribution in [1.82, 2.24) is 4.98 Å². The summed E-state index contributed by atoms with van der Waals surface area (Å²) in [7, 11) is 0. The van der Waals surface area contributed by atoms with Crippen LogP contribution in [-0.4, -0.2) is 35.0 Å². The van der Waals surface area contributed by atoms with E-state index in [-0.39, 0.29) is 11.3 Å². The van der Waals surface area contributed by atoms with Crippen molar-refractivity contribution < 1.29 is 28.9 Å². The summed E-state index contributed by atoms with van der Waals surface area (Å²) in [6, 6.07) is 26.1. The zero-order chi connectivity index (χ0) is 29.5. The molecule has 2 aliphatic heterocycles.